The molecular weight excluding hydrogens is 230 g/mol. The summed E-state index contributed by atoms with van der Waals surface area (Å²) in [5.41, 5.74) is -1.31. The van der Waals surface area contributed by atoms with Gasteiger partial charge >= 0.3 is 0 Å². The topological polar surface area (TPSA) is 52.9 Å². The summed E-state index contributed by atoms with van der Waals surface area (Å²) in [5, 5.41) is 20.5. The Morgan fingerprint density at radius 2 is 2.17 bits per heavy atom. The van der Waals surface area contributed by atoms with E-state index in [0.717, 1.165) is 19.4 Å². The quantitative estimate of drug-likeness (QED) is 0.792. The molecule has 0 bridgehead atoms. The molecule has 0 aromatic rings. The van der Waals surface area contributed by atoms with Crippen LogP contribution in [-0.2, 0) is 4.74 Å². The second kappa shape index (κ2) is 5.08. The van der Waals surface area contributed by atoms with E-state index in [1.54, 1.807) is 0 Å². The van der Waals surface area contributed by atoms with E-state index in [2.05, 4.69) is 4.90 Å². The number of β-amino-alcohol motifs (C(OH)–C–C–N with tert-alkyl or cyclic N) is 1. The van der Waals surface area contributed by atoms with Crippen LogP contribution in [0.2, 0.25) is 0 Å². The molecule has 0 saturated carbocycles. The fourth-order valence-electron chi connectivity index (χ4n) is 3.38. The summed E-state index contributed by atoms with van der Waals surface area (Å²) in [4.78, 5) is 2.33. The van der Waals surface area contributed by atoms with Gasteiger partial charge in [0.05, 0.1) is 17.8 Å². The van der Waals surface area contributed by atoms with Gasteiger partial charge in [-0.3, -0.25) is 4.90 Å². The van der Waals surface area contributed by atoms with Crippen molar-refractivity contribution >= 4 is 0 Å². The van der Waals surface area contributed by atoms with Crippen LogP contribution >= 0.6 is 0 Å². The van der Waals surface area contributed by atoms with Crippen LogP contribution in [0.15, 0.2) is 0 Å². The molecule has 0 aromatic heterocycles. The van der Waals surface area contributed by atoms with Gasteiger partial charge in [-0.15, -0.1) is 0 Å². The van der Waals surface area contributed by atoms with Crippen LogP contribution in [-0.4, -0.2) is 58.7 Å². The summed E-state index contributed by atoms with van der Waals surface area (Å²) in [6.07, 6.45) is 2.96. The molecule has 2 rings (SSSR count). The number of rotatable bonds is 3. The van der Waals surface area contributed by atoms with E-state index in [1.807, 2.05) is 20.8 Å². The molecule has 0 spiro atoms. The maximum Gasteiger partial charge on any atom is 0.0718 e. The van der Waals surface area contributed by atoms with Gasteiger partial charge in [-0.2, -0.15) is 0 Å². The smallest absolute Gasteiger partial charge is 0.0718 e. The average molecular weight is 257 g/mol. The van der Waals surface area contributed by atoms with Gasteiger partial charge in [0.1, 0.15) is 0 Å². The Hall–Kier alpha value is -0.160. The van der Waals surface area contributed by atoms with Gasteiger partial charge in [-0.1, -0.05) is 0 Å². The van der Waals surface area contributed by atoms with E-state index < -0.39 is 11.2 Å². The standard InChI is InChI=1S/C14H27NO3/c1-13(2,16)10-15-7-4-5-12(15)11-9-18-8-6-14(11,3)17/h11-12,16-17H,4-10H2,1-3H3. The molecule has 2 aliphatic rings. The lowest BCUT2D eigenvalue weighted by atomic mass is 9.79. The van der Waals surface area contributed by atoms with Crippen molar-refractivity contribution < 1.29 is 14.9 Å². The molecular formula is C14H27NO3. The van der Waals surface area contributed by atoms with E-state index in [4.69, 9.17) is 4.74 Å². The third kappa shape index (κ3) is 3.23. The minimum atomic E-state index is -0.677. The molecule has 2 heterocycles. The first-order chi connectivity index (χ1) is 8.30. The van der Waals surface area contributed by atoms with Crippen molar-refractivity contribution in [2.45, 2.75) is 57.3 Å². The molecule has 0 aliphatic carbocycles. The van der Waals surface area contributed by atoms with Crippen molar-refractivity contribution in [2.75, 3.05) is 26.3 Å². The molecule has 0 amide bonds. The SMILES string of the molecule is CC(C)(O)CN1CCCC1C1COCCC1(C)O. The molecule has 2 N–H and O–H groups in total. The third-order valence-corrected chi connectivity index (χ3v) is 4.32. The molecule has 2 saturated heterocycles. The van der Waals surface area contributed by atoms with Gasteiger partial charge in [0.2, 0.25) is 0 Å². The zero-order valence-corrected chi connectivity index (χ0v) is 11.9. The minimum Gasteiger partial charge on any atom is -0.390 e. The summed E-state index contributed by atoms with van der Waals surface area (Å²) in [6.45, 7) is 8.60. The van der Waals surface area contributed by atoms with Gasteiger partial charge < -0.3 is 14.9 Å². The summed E-state index contributed by atoms with van der Waals surface area (Å²) >= 11 is 0. The zero-order chi connectivity index (χ0) is 13.4. The molecule has 2 fully saturated rings. The van der Waals surface area contributed by atoms with Crippen molar-refractivity contribution in [3.8, 4) is 0 Å². The molecule has 106 valence electrons. The van der Waals surface area contributed by atoms with Crippen LogP contribution in [0, 0.1) is 5.92 Å². The molecule has 3 unspecified atom stereocenters. The van der Waals surface area contributed by atoms with Crippen LogP contribution in [0.4, 0.5) is 0 Å². The van der Waals surface area contributed by atoms with Gasteiger partial charge in [0, 0.05) is 25.1 Å². The van der Waals surface area contributed by atoms with Gasteiger partial charge in [0.15, 0.2) is 0 Å². The third-order valence-electron chi connectivity index (χ3n) is 4.32. The predicted molar refractivity (Wildman–Crippen MR) is 70.4 cm³/mol. The normalized spacial score (nSPS) is 39.2. The van der Waals surface area contributed by atoms with Gasteiger partial charge in [-0.25, -0.2) is 0 Å². The minimum absolute atomic E-state index is 0.163. The van der Waals surface area contributed by atoms with Crippen molar-refractivity contribution in [3.05, 3.63) is 0 Å². The molecule has 4 heteroatoms. The number of hydrogen-bond acceptors (Lipinski definition) is 4. The fourth-order valence-corrected chi connectivity index (χ4v) is 3.38. The largest absolute Gasteiger partial charge is 0.390 e. The lowest BCUT2D eigenvalue weighted by Crippen LogP contribution is -2.54. The summed E-state index contributed by atoms with van der Waals surface area (Å²) in [5.74, 6) is 0.163. The van der Waals surface area contributed by atoms with Crippen LogP contribution in [0.5, 0.6) is 0 Å². The van der Waals surface area contributed by atoms with E-state index in [1.165, 1.54) is 0 Å². The average Bonchev–Trinajstić information content (AvgIpc) is 2.62. The van der Waals surface area contributed by atoms with Crippen LogP contribution in [0.1, 0.15) is 40.0 Å². The Morgan fingerprint density at radius 1 is 1.44 bits per heavy atom. The maximum absolute atomic E-state index is 10.5. The number of likely N-dealkylation sites (tertiary alicyclic amines) is 1. The zero-order valence-electron chi connectivity index (χ0n) is 11.9. The highest BCUT2D eigenvalue weighted by Crippen LogP contribution is 2.36. The second-order valence-corrected chi connectivity index (χ2v) is 6.78. The van der Waals surface area contributed by atoms with E-state index in [-0.39, 0.29) is 5.92 Å². The van der Waals surface area contributed by atoms with Gasteiger partial charge in [-0.05, 0) is 46.6 Å². The Labute approximate surface area is 110 Å². The second-order valence-electron chi connectivity index (χ2n) is 6.78. The van der Waals surface area contributed by atoms with Crippen molar-refractivity contribution in [2.24, 2.45) is 5.92 Å². The predicted octanol–water partition coefficient (Wildman–Crippen LogP) is 1.01. The molecule has 3 atom stereocenters. The summed E-state index contributed by atoms with van der Waals surface area (Å²) < 4.78 is 5.56. The monoisotopic (exact) mass is 257 g/mol. The van der Waals surface area contributed by atoms with E-state index in [0.29, 0.717) is 32.2 Å². The first kappa shape index (κ1) is 14.3. The summed E-state index contributed by atoms with van der Waals surface area (Å²) in [6, 6.07) is 0.340. The van der Waals surface area contributed by atoms with Crippen molar-refractivity contribution in [1.29, 1.82) is 0 Å². The van der Waals surface area contributed by atoms with E-state index >= 15 is 0 Å². The van der Waals surface area contributed by atoms with Crippen molar-refractivity contribution in [3.63, 3.8) is 0 Å². The molecule has 4 nitrogen and oxygen atoms in total. The van der Waals surface area contributed by atoms with Crippen molar-refractivity contribution in [1.82, 2.24) is 4.90 Å². The first-order valence-corrected chi connectivity index (χ1v) is 7.06. The number of ether oxygens (including phenoxy) is 1. The molecule has 18 heavy (non-hydrogen) atoms. The Kier molecular flexibility index (Phi) is 4.02. The fraction of sp³-hybridized carbons (Fsp3) is 1.00. The highest BCUT2D eigenvalue weighted by molar-refractivity contribution is 4.97. The highest BCUT2D eigenvalue weighted by atomic mass is 16.5. The number of nitrogens with zero attached hydrogens (tertiary/aromatic N) is 1. The molecule has 2 aliphatic heterocycles. The molecule has 0 aromatic carbocycles. The van der Waals surface area contributed by atoms with Crippen LogP contribution in [0.25, 0.3) is 0 Å². The molecule has 0 radical (unpaired) electrons. The van der Waals surface area contributed by atoms with E-state index in [9.17, 15) is 10.2 Å². The Bertz CT molecular complexity index is 285. The van der Waals surface area contributed by atoms with Crippen LogP contribution < -0.4 is 0 Å². The lowest BCUT2D eigenvalue weighted by molar-refractivity contribution is -0.127. The lowest BCUT2D eigenvalue weighted by Gasteiger charge is -2.44. The Morgan fingerprint density at radius 3 is 2.78 bits per heavy atom. The first-order valence-electron chi connectivity index (χ1n) is 7.06. The number of hydrogen-bond donors (Lipinski definition) is 2. The number of aliphatic hydroxyl groups is 2. The van der Waals surface area contributed by atoms with Gasteiger partial charge in [0.25, 0.3) is 0 Å². The highest BCUT2D eigenvalue weighted by Gasteiger charge is 2.44. The summed E-state index contributed by atoms with van der Waals surface area (Å²) in [7, 11) is 0. The maximum atomic E-state index is 10.5. The van der Waals surface area contributed by atoms with Crippen LogP contribution in [0.3, 0.4) is 0 Å². The Balaban J connectivity index is 2.06.